The molecule has 0 spiro atoms. The van der Waals surface area contributed by atoms with Gasteiger partial charge in [0.1, 0.15) is 5.65 Å². The lowest BCUT2D eigenvalue weighted by Crippen LogP contribution is -2.27. The van der Waals surface area contributed by atoms with Crippen molar-refractivity contribution in [3.8, 4) is 0 Å². The summed E-state index contributed by atoms with van der Waals surface area (Å²) in [6, 6.07) is 18.1. The zero-order valence-electron chi connectivity index (χ0n) is 15.8. The van der Waals surface area contributed by atoms with E-state index in [1.54, 1.807) is 16.2 Å². The van der Waals surface area contributed by atoms with Crippen molar-refractivity contribution in [3.63, 3.8) is 0 Å². The second-order valence-electron chi connectivity index (χ2n) is 6.84. The fourth-order valence-electron chi connectivity index (χ4n) is 3.39. The SMILES string of the molecule is CN(Cc1ccsc1)C(=O)CSc1nc2ccccc2c2nc3ccccc3n12. The Balaban J connectivity index is 1.51. The molecule has 0 N–H and O–H groups in total. The Labute approximate surface area is 176 Å². The number of thioether (sulfide) groups is 1. The average molecular weight is 419 g/mol. The highest BCUT2D eigenvalue weighted by Crippen LogP contribution is 2.29. The largest absolute Gasteiger partial charge is 0.341 e. The average Bonchev–Trinajstić information content (AvgIpc) is 3.39. The van der Waals surface area contributed by atoms with E-state index in [1.165, 1.54) is 11.8 Å². The number of carbonyl (C=O) groups excluding carboxylic acids is 1. The number of hydrogen-bond acceptors (Lipinski definition) is 5. The van der Waals surface area contributed by atoms with E-state index in [0.717, 1.165) is 38.3 Å². The maximum absolute atomic E-state index is 12.7. The van der Waals surface area contributed by atoms with Crippen LogP contribution in [0.4, 0.5) is 0 Å². The Kier molecular flexibility index (Phi) is 4.69. The number of benzene rings is 2. The summed E-state index contributed by atoms with van der Waals surface area (Å²) in [7, 11) is 1.84. The second kappa shape index (κ2) is 7.50. The summed E-state index contributed by atoms with van der Waals surface area (Å²) in [5.74, 6) is 0.404. The number of aromatic nitrogens is 3. The fourth-order valence-corrected chi connectivity index (χ4v) is 5.00. The van der Waals surface area contributed by atoms with Gasteiger partial charge < -0.3 is 4.90 Å². The number of imidazole rings is 1. The highest BCUT2D eigenvalue weighted by atomic mass is 32.2. The lowest BCUT2D eigenvalue weighted by Gasteiger charge is -2.16. The summed E-state index contributed by atoms with van der Waals surface area (Å²) < 4.78 is 2.06. The van der Waals surface area contributed by atoms with E-state index < -0.39 is 0 Å². The van der Waals surface area contributed by atoms with Crippen molar-refractivity contribution in [2.24, 2.45) is 0 Å². The van der Waals surface area contributed by atoms with Gasteiger partial charge in [-0.3, -0.25) is 9.20 Å². The molecule has 0 aliphatic heterocycles. The highest BCUT2D eigenvalue weighted by Gasteiger charge is 2.16. The first-order valence-electron chi connectivity index (χ1n) is 9.24. The van der Waals surface area contributed by atoms with Gasteiger partial charge in [0, 0.05) is 19.0 Å². The number of rotatable bonds is 5. The maximum Gasteiger partial charge on any atom is 0.233 e. The molecule has 5 nitrogen and oxygen atoms in total. The van der Waals surface area contributed by atoms with Gasteiger partial charge in [-0.1, -0.05) is 36.0 Å². The predicted octanol–water partition coefficient (Wildman–Crippen LogP) is 4.85. The summed E-state index contributed by atoms with van der Waals surface area (Å²) in [6.07, 6.45) is 0. The van der Waals surface area contributed by atoms with Gasteiger partial charge in [-0.2, -0.15) is 11.3 Å². The minimum atomic E-state index is 0.0775. The number of thiophene rings is 1. The molecule has 3 heterocycles. The molecule has 29 heavy (non-hydrogen) atoms. The molecule has 2 aromatic carbocycles. The van der Waals surface area contributed by atoms with Crippen LogP contribution in [0.2, 0.25) is 0 Å². The quantitative estimate of drug-likeness (QED) is 0.302. The number of nitrogens with zero attached hydrogens (tertiary/aromatic N) is 4. The summed E-state index contributed by atoms with van der Waals surface area (Å²) >= 11 is 3.10. The van der Waals surface area contributed by atoms with Crippen LogP contribution in [0.1, 0.15) is 5.56 Å². The second-order valence-corrected chi connectivity index (χ2v) is 8.56. The maximum atomic E-state index is 12.7. The number of fused-ring (bicyclic) bond motifs is 5. The van der Waals surface area contributed by atoms with Crippen LogP contribution in [0, 0.1) is 0 Å². The minimum Gasteiger partial charge on any atom is -0.341 e. The number of carbonyl (C=O) groups is 1. The van der Waals surface area contributed by atoms with Crippen LogP contribution in [0.25, 0.3) is 27.6 Å². The van der Waals surface area contributed by atoms with Crippen LogP contribution in [-0.2, 0) is 11.3 Å². The van der Waals surface area contributed by atoms with Crippen LogP contribution in [0.3, 0.4) is 0 Å². The standard InChI is InChI=1S/C22H18N4OS2/c1-25(12-15-10-11-28-13-15)20(27)14-29-22-24-17-7-3-2-6-16(17)21-23-18-8-4-5-9-19(18)26(21)22/h2-11,13H,12,14H2,1H3. The van der Waals surface area contributed by atoms with Gasteiger partial charge >= 0.3 is 0 Å². The molecular formula is C22H18N4OS2. The normalized spacial score (nSPS) is 11.5. The van der Waals surface area contributed by atoms with Gasteiger partial charge in [-0.05, 0) is 46.7 Å². The van der Waals surface area contributed by atoms with Crippen LogP contribution < -0.4 is 0 Å². The van der Waals surface area contributed by atoms with Crippen LogP contribution in [0.5, 0.6) is 0 Å². The molecule has 0 fully saturated rings. The molecule has 3 aromatic heterocycles. The first-order chi connectivity index (χ1) is 14.2. The van der Waals surface area contributed by atoms with Gasteiger partial charge in [0.25, 0.3) is 0 Å². The third kappa shape index (κ3) is 3.36. The Morgan fingerprint density at radius 1 is 1.07 bits per heavy atom. The third-order valence-corrected chi connectivity index (χ3v) is 6.52. The van der Waals surface area contributed by atoms with Crippen LogP contribution in [-0.4, -0.2) is 38.0 Å². The van der Waals surface area contributed by atoms with Crippen molar-refractivity contribution >= 4 is 56.6 Å². The Morgan fingerprint density at radius 3 is 2.69 bits per heavy atom. The minimum absolute atomic E-state index is 0.0775. The third-order valence-electron chi connectivity index (χ3n) is 4.86. The first-order valence-corrected chi connectivity index (χ1v) is 11.2. The van der Waals surface area contributed by atoms with E-state index in [0.29, 0.717) is 12.3 Å². The summed E-state index contributed by atoms with van der Waals surface area (Å²) in [5, 5.41) is 5.89. The van der Waals surface area contributed by atoms with E-state index in [2.05, 4.69) is 9.78 Å². The van der Waals surface area contributed by atoms with Crippen LogP contribution in [0.15, 0.2) is 70.5 Å². The van der Waals surface area contributed by atoms with Crippen molar-refractivity contribution in [3.05, 3.63) is 70.9 Å². The van der Waals surface area contributed by atoms with Crippen molar-refractivity contribution < 1.29 is 4.79 Å². The van der Waals surface area contributed by atoms with Crippen molar-refractivity contribution in [2.45, 2.75) is 11.7 Å². The van der Waals surface area contributed by atoms with Gasteiger partial charge in [-0.25, -0.2) is 9.97 Å². The molecule has 0 bridgehead atoms. The van der Waals surface area contributed by atoms with E-state index in [-0.39, 0.29) is 5.91 Å². The van der Waals surface area contributed by atoms with Gasteiger partial charge in [0.05, 0.1) is 22.3 Å². The molecule has 0 radical (unpaired) electrons. The Hall–Kier alpha value is -2.90. The van der Waals surface area contributed by atoms with E-state index >= 15 is 0 Å². The zero-order valence-corrected chi connectivity index (χ0v) is 17.4. The van der Waals surface area contributed by atoms with Crippen molar-refractivity contribution in [1.82, 2.24) is 19.3 Å². The molecule has 0 unspecified atom stereocenters. The Bertz CT molecular complexity index is 1330. The van der Waals surface area contributed by atoms with Gasteiger partial charge in [-0.15, -0.1) is 0 Å². The molecule has 0 saturated heterocycles. The van der Waals surface area contributed by atoms with Crippen LogP contribution >= 0.6 is 23.1 Å². The predicted molar refractivity (Wildman–Crippen MR) is 120 cm³/mol. The van der Waals surface area contributed by atoms with E-state index in [4.69, 9.17) is 9.97 Å². The van der Waals surface area contributed by atoms with Gasteiger partial charge in [0.15, 0.2) is 5.16 Å². The molecule has 7 heteroatoms. The topological polar surface area (TPSA) is 50.5 Å². The van der Waals surface area contributed by atoms with Crippen molar-refractivity contribution in [1.29, 1.82) is 0 Å². The Morgan fingerprint density at radius 2 is 1.86 bits per heavy atom. The smallest absolute Gasteiger partial charge is 0.233 e. The lowest BCUT2D eigenvalue weighted by atomic mass is 10.2. The van der Waals surface area contributed by atoms with Gasteiger partial charge in [0.2, 0.25) is 5.91 Å². The first kappa shape index (κ1) is 18.1. The fraction of sp³-hybridized carbons (Fsp3) is 0.136. The molecule has 0 aliphatic carbocycles. The lowest BCUT2D eigenvalue weighted by molar-refractivity contribution is -0.127. The van der Waals surface area contributed by atoms with E-state index in [9.17, 15) is 4.79 Å². The monoisotopic (exact) mass is 418 g/mol. The highest BCUT2D eigenvalue weighted by molar-refractivity contribution is 7.99. The molecule has 144 valence electrons. The molecule has 0 aliphatic rings. The van der Waals surface area contributed by atoms with E-state index in [1.807, 2.05) is 67.0 Å². The van der Waals surface area contributed by atoms with Crippen molar-refractivity contribution in [2.75, 3.05) is 12.8 Å². The number of para-hydroxylation sites is 3. The number of hydrogen-bond donors (Lipinski definition) is 0. The summed E-state index contributed by atoms with van der Waals surface area (Å²) in [6.45, 7) is 0.622. The molecule has 5 rings (SSSR count). The molecule has 1 amide bonds. The molecule has 5 aromatic rings. The zero-order chi connectivity index (χ0) is 19.8. The molecule has 0 saturated carbocycles. The number of amides is 1. The summed E-state index contributed by atoms with van der Waals surface area (Å²) in [4.78, 5) is 24.1. The molecule has 0 atom stereocenters. The summed E-state index contributed by atoms with van der Waals surface area (Å²) in [5.41, 5.74) is 4.84. The molecular weight excluding hydrogens is 400 g/mol.